The fourth-order valence-corrected chi connectivity index (χ4v) is 3.32. The van der Waals surface area contributed by atoms with E-state index in [1.165, 1.54) is 5.56 Å². The zero-order chi connectivity index (χ0) is 15.4. The van der Waals surface area contributed by atoms with Gasteiger partial charge in [-0.15, -0.1) is 0 Å². The second-order valence-electron chi connectivity index (χ2n) is 6.29. The van der Waals surface area contributed by atoms with Crippen molar-refractivity contribution in [2.24, 2.45) is 0 Å². The van der Waals surface area contributed by atoms with Gasteiger partial charge in [0.25, 0.3) is 0 Å². The minimum Gasteiger partial charge on any atom is -0.392 e. The molecule has 2 fully saturated rings. The summed E-state index contributed by atoms with van der Waals surface area (Å²) in [6.07, 6.45) is 1.17. The minimum atomic E-state index is -0.379. The maximum absolute atomic E-state index is 12.5. The standard InChI is InChI=1S/C17H25N3O2/c21-15-11-16(18-12-15)17(22)20-8-4-7-19(9-10-20)13-14-5-2-1-3-6-14/h1-3,5-6,15-16,18,21H,4,7-13H2/t15-,16-/m0/s1. The summed E-state index contributed by atoms with van der Waals surface area (Å²) in [7, 11) is 0. The van der Waals surface area contributed by atoms with Gasteiger partial charge in [-0.1, -0.05) is 30.3 Å². The van der Waals surface area contributed by atoms with Crippen LogP contribution in [0.15, 0.2) is 30.3 Å². The summed E-state index contributed by atoms with van der Waals surface area (Å²) >= 11 is 0. The van der Waals surface area contributed by atoms with Crippen LogP contribution in [-0.4, -0.2) is 65.7 Å². The smallest absolute Gasteiger partial charge is 0.239 e. The van der Waals surface area contributed by atoms with Gasteiger partial charge in [0.1, 0.15) is 0 Å². The summed E-state index contributed by atoms with van der Waals surface area (Å²) in [6.45, 7) is 5.02. The van der Waals surface area contributed by atoms with Crippen molar-refractivity contribution < 1.29 is 9.90 Å². The molecule has 2 atom stereocenters. The topological polar surface area (TPSA) is 55.8 Å². The van der Waals surface area contributed by atoms with E-state index >= 15 is 0 Å². The summed E-state index contributed by atoms with van der Waals surface area (Å²) in [4.78, 5) is 16.9. The van der Waals surface area contributed by atoms with Crippen molar-refractivity contribution in [1.29, 1.82) is 0 Å². The number of hydrogen-bond donors (Lipinski definition) is 2. The van der Waals surface area contributed by atoms with Crippen LogP contribution in [0.2, 0.25) is 0 Å². The van der Waals surface area contributed by atoms with Gasteiger partial charge in [-0.3, -0.25) is 9.69 Å². The third-order valence-electron chi connectivity index (χ3n) is 4.55. The van der Waals surface area contributed by atoms with Gasteiger partial charge < -0.3 is 15.3 Å². The van der Waals surface area contributed by atoms with E-state index in [-0.39, 0.29) is 18.1 Å². The molecule has 0 aromatic heterocycles. The lowest BCUT2D eigenvalue weighted by Crippen LogP contribution is -2.45. The monoisotopic (exact) mass is 303 g/mol. The number of aliphatic hydroxyl groups excluding tert-OH is 1. The van der Waals surface area contributed by atoms with Crippen LogP contribution in [-0.2, 0) is 11.3 Å². The lowest BCUT2D eigenvalue weighted by atomic mass is 10.2. The molecule has 1 amide bonds. The van der Waals surface area contributed by atoms with E-state index in [4.69, 9.17) is 0 Å². The highest BCUT2D eigenvalue weighted by Gasteiger charge is 2.31. The van der Waals surface area contributed by atoms with Gasteiger partial charge in [-0.25, -0.2) is 0 Å². The first kappa shape index (κ1) is 15.5. The molecule has 0 spiro atoms. The molecule has 2 saturated heterocycles. The molecule has 2 N–H and O–H groups in total. The maximum atomic E-state index is 12.5. The van der Waals surface area contributed by atoms with E-state index in [9.17, 15) is 9.90 Å². The Bertz CT molecular complexity index is 494. The van der Waals surface area contributed by atoms with E-state index < -0.39 is 0 Å². The van der Waals surface area contributed by atoms with Gasteiger partial charge in [-0.2, -0.15) is 0 Å². The SMILES string of the molecule is O=C([C@@H]1C[C@H](O)CN1)N1CCCN(Cc2ccccc2)CC1. The van der Waals surface area contributed by atoms with Crippen LogP contribution in [0.1, 0.15) is 18.4 Å². The maximum Gasteiger partial charge on any atom is 0.239 e. The van der Waals surface area contributed by atoms with E-state index in [0.717, 1.165) is 39.1 Å². The van der Waals surface area contributed by atoms with Crippen LogP contribution in [0.5, 0.6) is 0 Å². The summed E-state index contributed by atoms with van der Waals surface area (Å²) < 4.78 is 0. The molecule has 5 heteroatoms. The number of hydrogen-bond acceptors (Lipinski definition) is 4. The van der Waals surface area contributed by atoms with Crippen molar-refractivity contribution in [2.45, 2.75) is 31.5 Å². The van der Waals surface area contributed by atoms with Crippen LogP contribution >= 0.6 is 0 Å². The summed E-state index contributed by atoms with van der Waals surface area (Å²) in [5.74, 6) is 0.151. The van der Waals surface area contributed by atoms with E-state index in [1.54, 1.807) is 0 Å². The van der Waals surface area contributed by atoms with Crippen molar-refractivity contribution in [3.05, 3.63) is 35.9 Å². The first-order valence-electron chi connectivity index (χ1n) is 8.19. The molecule has 3 rings (SSSR count). The molecule has 0 aliphatic carbocycles. The number of amides is 1. The molecule has 0 bridgehead atoms. The van der Waals surface area contributed by atoms with E-state index in [0.29, 0.717) is 13.0 Å². The van der Waals surface area contributed by atoms with E-state index in [1.807, 2.05) is 11.0 Å². The third kappa shape index (κ3) is 3.85. The second-order valence-corrected chi connectivity index (χ2v) is 6.29. The highest BCUT2D eigenvalue weighted by atomic mass is 16.3. The van der Waals surface area contributed by atoms with Crippen LogP contribution in [0.25, 0.3) is 0 Å². The third-order valence-corrected chi connectivity index (χ3v) is 4.55. The number of aliphatic hydroxyl groups is 1. The van der Waals surface area contributed by atoms with Gasteiger partial charge in [-0.05, 0) is 18.4 Å². The Kier molecular flexibility index (Phi) is 5.08. The molecule has 2 aliphatic heterocycles. The summed E-state index contributed by atoms with van der Waals surface area (Å²) in [6, 6.07) is 10.3. The lowest BCUT2D eigenvalue weighted by Gasteiger charge is -2.24. The Morgan fingerprint density at radius 1 is 1.18 bits per heavy atom. The average Bonchev–Trinajstić information content (AvgIpc) is 2.83. The number of nitrogens with one attached hydrogen (secondary N) is 1. The number of carbonyl (C=O) groups excluding carboxylic acids is 1. The molecule has 0 unspecified atom stereocenters. The molecule has 22 heavy (non-hydrogen) atoms. The van der Waals surface area contributed by atoms with Crippen molar-refractivity contribution in [2.75, 3.05) is 32.7 Å². The lowest BCUT2D eigenvalue weighted by molar-refractivity contribution is -0.133. The van der Waals surface area contributed by atoms with Gasteiger partial charge in [0, 0.05) is 39.3 Å². The number of nitrogens with zero attached hydrogens (tertiary/aromatic N) is 2. The van der Waals surface area contributed by atoms with Crippen LogP contribution in [0.3, 0.4) is 0 Å². The number of carbonyl (C=O) groups is 1. The van der Waals surface area contributed by atoms with Crippen molar-refractivity contribution >= 4 is 5.91 Å². The first-order chi connectivity index (χ1) is 10.7. The van der Waals surface area contributed by atoms with Gasteiger partial charge >= 0.3 is 0 Å². The molecular formula is C17H25N3O2. The average molecular weight is 303 g/mol. The van der Waals surface area contributed by atoms with Gasteiger partial charge in [0.2, 0.25) is 5.91 Å². The minimum absolute atomic E-state index is 0.151. The van der Waals surface area contributed by atoms with Crippen LogP contribution in [0.4, 0.5) is 0 Å². The predicted molar refractivity (Wildman–Crippen MR) is 85.3 cm³/mol. The normalized spacial score (nSPS) is 26.9. The number of rotatable bonds is 3. The molecular weight excluding hydrogens is 278 g/mol. The summed E-state index contributed by atoms with van der Waals surface area (Å²) in [5, 5.41) is 12.7. The highest BCUT2D eigenvalue weighted by molar-refractivity contribution is 5.82. The summed E-state index contributed by atoms with van der Waals surface area (Å²) in [5.41, 5.74) is 1.32. The Hall–Kier alpha value is -1.43. The fourth-order valence-electron chi connectivity index (χ4n) is 3.32. The molecule has 2 aliphatic rings. The molecule has 0 radical (unpaired) electrons. The van der Waals surface area contributed by atoms with Crippen LogP contribution in [0, 0.1) is 0 Å². The van der Waals surface area contributed by atoms with Gasteiger partial charge in [0.15, 0.2) is 0 Å². The zero-order valence-electron chi connectivity index (χ0n) is 12.9. The molecule has 120 valence electrons. The van der Waals surface area contributed by atoms with Crippen LogP contribution < -0.4 is 5.32 Å². The molecule has 0 saturated carbocycles. The van der Waals surface area contributed by atoms with Gasteiger partial charge in [0.05, 0.1) is 12.1 Å². The first-order valence-corrected chi connectivity index (χ1v) is 8.19. The Labute approximate surface area is 131 Å². The van der Waals surface area contributed by atoms with Crippen molar-refractivity contribution in [3.63, 3.8) is 0 Å². The predicted octanol–water partition coefficient (Wildman–Crippen LogP) is 0.444. The Morgan fingerprint density at radius 2 is 2.00 bits per heavy atom. The Balaban J connectivity index is 1.52. The van der Waals surface area contributed by atoms with Crippen molar-refractivity contribution in [3.8, 4) is 0 Å². The van der Waals surface area contributed by atoms with E-state index in [2.05, 4.69) is 34.5 Å². The molecule has 5 nitrogen and oxygen atoms in total. The Morgan fingerprint density at radius 3 is 2.73 bits per heavy atom. The fraction of sp³-hybridized carbons (Fsp3) is 0.588. The molecule has 1 aromatic rings. The number of benzene rings is 1. The molecule has 1 aromatic carbocycles. The zero-order valence-corrected chi connectivity index (χ0v) is 12.9. The van der Waals surface area contributed by atoms with Crippen molar-refractivity contribution in [1.82, 2.24) is 15.1 Å². The highest BCUT2D eigenvalue weighted by Crippen LogP contribution is 2.13. The second kappa shape index (κ2) is 7.22. The number of β-amino-alcohol motifs (C(OH)–C–C–N with tert-alkyl or cyclic N) is 1. The molecule has 2 heterocycles. The quantitative estimate of drug-likeness (QED) is 0.851. The largest absolute Gasteiger partial charge is 0.392 e.